The Kier molecular flexibility index (Phi) is 7.34. The SMILES string of the molecule is C=Cc1cc(Cc2cccc(Cl)c2)ccc1Oc1ccc(Cc2cccc(Cl)c2)cc1C=C. The number of halogens is 2. The summed E-state index contributed by atoms with van der Waals surface area (Å²) in [6, 6.07) is 28.2. The molecule has 0 N–H and O–H groups in total. The van der Waals surface area contributed by atoms with Gasteiger partial charge >= 0.3 is 0 Å². The molecule has 0 atom stereocenters. The van der Waals surface area contributed by atoms with Crippen LogP contribution in [0.15, 0.2) is 98.1 Å². The molecule has 4 aromatic rings. The Morgan fingerprint density at radius 1 is 0.576 bits per heavy atom. The van der Waals surface area contributed by atoms with Crippen molar-refractivity contribution in [3.63, 3.8) is 0 Å². The van der Waals surface area contributed by atoms with Crippen molar-refractivity contribution in [3.8, 4) is 11.5 Å². The molecule has 0 radical (unpaired) electrons. The predicted molar refractivity (Wildman–Crippen MR) is 142 cm³/mol. The highest BCUT2D eigenvalue weighted by molar-refractivity contribution is 6.30. The lowest BCUT2D eigenvalue weighted by atomic mass is 10.0. The molecule has 4 aromatic carbocycles. The Bertz CT molecular complexity index is 1210. The minimum atomic E-state index is 0.743. The fourth-order valence-corrected chi connectivity index (χ4v) is 4.23. The van der Waals surface area contributed by atoms with Crippen molar-refractivity contribution in [2.45, 2.75) is 12.8 Å². The molecule has 1 nitrogen and oxygen atoms in total. The van der Waals surface area contributed by atoms with Crippen LogP contribution < -0.4 is 4.74 Å². The highest BCUT2D eigenvalue weighted by atomic mass is 35.5. The van der Waals surface area contributed by atoms with Crippen LogP contribution in [0.25, 0.3) is 12.2 Å². The van der Waals surface area contributed by atoms with E-state index in [9.17, 15) is 0 Å². The average molecular weight is 471 g/mol. The highest BCUT2D eigenvalue weighted by Crippen LogP contribution is 2.32. The van der Waals surface area contributed by atoms with Crippen LogP contribution in [0.5, 0.6) is 11.5 Å². The maximum atomic E-state index is 6.29. The lowest BCUT2D eigenvalue weighted by molar-refractivity contribution is 0.480. The Morgan fingerprint density at radius 3 is 1.39 bits per heavy atom. The Balaban J connectivity index is 1.55. The third-order valence-corrected chi connectivity index (χ3v) is 5.87. The number of hydrogen-bond acceptors (Lipinski definition) is 1. The lowest BCUT2D eigenvalue weighted by Gasteiger charge is -2.14. The van der Waals surface area contributed by atoms with E-state index in [-0.39, 0.29) is 0 Å². The van der Waals surface area contributed by atoms with Gasteiger partial charge in [0, 0.05) is 21.2 Å². The second kappa shape index (κ2) is 10.6. The zero-order valence-electron chi connectivity index (χ0n) is 18.2. The molecule has 3 heteroatoms. The molecular formula is C30H24Cl2O. The molecule has 0 saturated carbocycles. The first-order chi connectivity index (χ1) is 16.0. The Hall–Kier alpha value is -3.26. The molecule has 0 aromatic heterocycles. The fourth-order valence-electron chi connectivity index (χ4n) is 3.80. The summed E-state index contributed by atoms with van der Waals surface area (Å²) >= 11 is 12.3. The van der Waals surface area contributed by atoms with E-state index in [1.54, 1.807) is 0 Å². The summed E-state index contributed by atoms with van der Waals surface area (Å²) < 4.78 is 6.29. The van der Waals surface area contributed by atoms with Crippen molar-refractivity contribution >= 4 is 35.4 Å². The Morgan fingerprint density at radius 2 is 1.00 bits per heavy atom. The van der Waals surface area contributed by atoms with Gasteiger partial charge in [0.05, 0.1) is 0 Å². The molecule has 0 unspecified atom stereocenters. The van der Waals surface area contributed by atoms with E-state index in [0.29, 0.717) is 0 Å². The molecule has 0 aliphatic heterocycles. The number of hydrogen-bond donors (Lipinski definition) is 0. The largest absolute Gasteiger partial charge is 0.456 e. The Labute approximate surface area is 205 Å². The van der Waals surface area contributed by atoms with E-state index in [4.69, 9.17) is 27.9 Å². The normalized spacial score (nSPS) is 10.6. The smallest absolute Gasteiger partial charge is 0.134 e. The quantitative estimate of drug-likeness (QED) is 0.249. The van der Waals surface area contributed by atoms with Crippen molar-refractivity contribution in [1.29, 1.82) is 0 Å². The van der Waals surface area contributed by atoms with Crippen molar-refractivity contribution in [3.05, 3.63) is 142 Å². The zero-order chi connectivity index (χ0) is 23.2. The molecule has 0 aliphatic rings. The molecule has 0 spiro atoms. The van der Waals surface area contributed by atoms with E-state index < -0.39 is 0 Å². The first kappa shape index (κ1) is 22.9. The summed E-state index contributed by atoms with van der Waals surface area (Å²) in [6.45, 7) is 7.95. The topological polar surface area (TPSA) is 9.23 Å². The van der Waals surface area contributed by atoms with Crippen LogP contribution in [0.3, 0.4) is 0 Å². The van der Waals surface area contributed by atoms with Gasteiger partial charge in [0.25, 0.3) is 0 Å². The van der Waals surface area contributed by atoms with Crippen LogP contribution in [0.2, 0.25) is 10.0 Å². The zero-order valence-corrected chi connectivity index (χ0v) is 19.7. The van der Waals surface area contributed by atoms with Gasteiger partial charge in [-0.2, -0.15) is 0 Å². The second-order valence-corrected chi connectivity index (χ2v) is 8.74. The van der Waals surface area contributed by atoms with Crippen LogP contribution in [-0.2, 0) is 12.8 Å². The minimum absolute atomic E-state index is 0.743. The summed E-state index contributed by atoms with van der Waals surface area (Å²) in [5, 5.41) is 1.49. The number of benzene rings is 4. The third kappa shape index (κ3) is 5.96. The molecule has 0 fully saturated rings. The molecule has 0 bridgehead atoms. The molecule has 0 heterocycles. The molecular weight excluding hydrogens is 447 g/mol. The van der Waals surface area contributed by atoms with Crippen molar-refractivity contribution in [1.82, 2.24) is 0 Å². The van der Waals surface area contributed by atoms with Gasteiger partial charge in [-0.3, -0.25) is 0 Å². The molecule has 4 rings (SSSR count). The van der Waals surface area contributed by atoms with Gasteiger partial charge < -0.3 is 4.74 Å². The molecule has 164 valence electrons. The van der Waals surface area contributed by atoms with E-state index >= 15 is 0 Å². The van der Waals surface area contributed by atoms with Gasteiger partial charge in [0.15, 0.2) is 0 Å². The summed E-state index contributed by atoms with van der Waals surface area (Å²) in [7, 11) is 0. The summed E-state index contributed by atoms with van der Waals surface area (Å²) in [4.78, 5) is 0. The van der Waals surface area contributed by atoms with Crippen LogP contribution in [0.1, 0.15) is 33.4 Å². The maximum Gasteiger partial charge on any atom is 0.134 e. The summed E-state index contributed by atoms with van der Waals surface area (Å²) in [5.41, 5.74) is 6.53. The standard InChI is InChI=1S/C30H24Cl2O/c1-3-25-17-23(15-21-7-5-9-27(31)19-21)11-13-29(25)33-30-14-12-24(18-26(30)4-2)16-22-8-6-10-28(32)20-22/h3-14,17-20H,1-2,15-16H2. The summed E-state index contributed by atoms with van der Waals surface area (Å²) in [6.07, 6.45) is 5.21. The monoisotopic (exact) mass is 470 g/mol. The van der Waals surface area contributed by atoms with Gasteiger partial charge in [-0.05, 0) is 83.6 Å². The van der Waals surface area contributed by atoms with Gasteiger partial charge in [-0.25, -0.2) is 0 Å². The van der Waals surface area contributed by atoms with Gasteiger partial charge in [0.1, 0.15) is 11.5 Å². The number of rotatable bonds is 8. The number of ether oxygens (including phenoxy) is 1. The van der Waals surface area contributed by atoms with Crippen molar-refractivity contribution in [2.24, 2.45) is 0 Å². The second-order valence-electron chi connectivity index (χ2n) is 7.87. The van der Waals surface area contributed by atoms with Gasteiger partial charge in [-0.15, -0.1) is 0 Å². The summed E-state index contributed by atoms with van der Waals surface area (Å²) in [5.74, 6) is 1.51. The van der Waals surface area contributed by atoms with Crippen LogP contribution in [0, 0.1) is 0 Å². The van der Waals surface area contributed by atoms with Crippen molar-refractivity contribution in [2.75, 3.05) is 0 Å². The average Bonchev–Trinajstić information content (AvgIpc) is 2.81. The van der Waals surface area contributed by atoms with E-state index in [2.05, 4.69) is 49.6 Å². The molecule has 0 amide bonds. The molecule has 0 aliphatic carbocycles. The van der Waals surface area contributed by atoms with E-state index in [1.165, 1.54) is 11.1 Å². The van der Waals surface area contributed by atoms with Crippen LogP contribution in [0.4, 0.5) is 0 Å². The fraction of sp³-hybridized carbons (Fsp3) is 0.0667. The van der Waals surface area contributed by atoms with Gasteiger partial charge in [-0.1, -0.05) is 84.9 Å². The van der Waals surface area contributed by atoms with E-state index in [1.807, 2.05) is 60.7 Å². The highest BCUT2D eigenvalue weighted by Gasteiger charge is 2.09. The third-order valence-electron chi connectivity index (χ3n) is 5.40. The lowest BCUT2D eigenvalue weighted by Crippen LogP contribution is -1.95. The molecule has 0 saturated heterocycles. The predicted octanol–water partition coefficient (Wildman–Crippen LogP) is 9.25. The van der Waals surface area contributed by atoms with E-state index in [0.717, 1.165) is 56.6 Å². The first-order valence-electron chi connectivity index (χ1n) is 10.7. The molecule has 33 heavy (non-hydrogen) atoms. The van der Waals surface area contributed by atoms with Crippen molar-refractivity contribution < 1.29 is 4.74 Å². The first-order valence-corrected chi connectivity index (χ1v) is 11.5. The van der Waals surface area contributed by atoms with Gasteiger partial charge in [0.2, 0.25) is 0 Å². The maximum absolute atomic E-state index is 6.29. The van der Waals surface area contributed by atoms with Crippen LogP contribution in [-0.4, -0.2) is 0 Å². The minimum Gasteiger partial charge on any atom is -0.456 e. The van der Waals surface area contributed by atoms with Crippen LogP contribution >= 0.6 is 23.2 Å².